The van der Waals surface area contributed by atoms with Gasteiger partial charge in [0.15, 0.2) is 0 Å². The Morgan fingerprint density at radius 2 is 2.40 bits per heavy atom. The maximum atomic E-state index is 11.3. The second-order valence-electron chi connectivity index (χ2n) is 3.19. The highest BCUT2D eigenvalue weighted by molar-refractivity contribution is 6.32. The van der Waals surface area contributed by atoms with Gasteiger partial charge in [0.1, 0.15) is 0 Å². The number of halogens is 1. The monoisotopic (exact) mass is 223 g/mol. The molecule has 0 unspecified atom stereocenters. The molecule has 1 aromatic heterocycles. The van der Waals surface area contributed by atoms with Gasteiger partial charge < -0.3 is 5.32 Å². The van der Waals surface area contributed by atoms with E-state index in [0.29, 0.717) is 17.1 Å². The van der Waals surface area contributed by atoms with Crippen molar-refractivity contribution in [1.29, 1.82) is 0 Å². The van der Waals surface area contributed by atoms with Gasteiger partial charge >= 0.3 is 0 Å². The van der Waals surface area contributed by atoms with Crippen molar-refractivity contribution in [2.75, 3.05) is 5.32 Å². The summed E-state index contributed by atoms with van der Waals surface area (Å²) < 4.78 is 0. The van der Waals surface area contributed by atoms with E-state index in [2.05, 4.69) is 15.5 Å². The van der Waals surface area contributed by atoms with Crippen molar-refractivity contribution in [2.45, 2.75) is 13.3 Å². The van der Waals surface area contributed by atoms with E-state index >= 15 is 0 Å². The van der Waals surface area contributed by atoms with Crippen LogP contribution in [-0.4, -0.2) is 16.1 Å². The van der Waals surface area contributed by atoms with Crippen LogP contribution in [0.4, 0.5) is 5.69 Å². The number of carbonyl (C=O) groups is 1. The molecular weight excluding hydrogens is 214 g/mol. The molecular formula is C10H10ClN3O. The first kappa shape index (κ1) is 9.98. The number of anilines is 1. The Hall–Kier alpha value is -1.55. The van der Waals surface area contributed by atoms with Crippen molar-refractivity contribution >= 4 is 34.1 Å². The lowest BCUT2D eigenvalue weighted by molar-refractivity contribution is -0.115. The molecule has 0 aliphatic heterocycles. The van der Waals surface area contributed by atoms with Crippen LogP contribution in [0.2, 0.25) is 5.02 Å². The average Bonchev–Trinajstić information content (AvgIpc) is 2.65. The normalized spacial score (nSPS) is 10.5. The first-order valence-corrected chi connectivity index (χ1v) is 5.01. The number of carbonyl (C=O) groups excluding carboxylic acids is 1. The minimum absolute atomic E-state index is 0.0480. The molecule has 2 N–H and O–H groups in total. The Morgan fingerprint density at radius 3 is 3.13 bits per heavy atom. The molecule has 78 valence electrons. The van der Waals surface area contributed by atoms with Crippen LogP contribution in [0.3, 0.4) is 0 Å². The third-order valence-corrected chi connectivity index (χ3v) is 2.33. The summed E-state index contributed by atoms with van der Waals surface area (Å²) in [7, 11) is 0. The van der Waals surface area contributed by atoms with E-state index in [9.17, 15) is 4.79 Å². The molecule has 0 saturated heterocycles. The molecule has 0 aliphatic rings. The number of aromatic nitrogens is 2. The Kier molecular flexibility index (Phi) is 2.60. The van der Waals surface area contributed by atoms with Crippen molar-refractivity contribution in [3.8, 4) is 0 Å². The molecule has 1 heterocycles. The van der Waals surface area contributed by atoms with E-state index in [1.807, 2.05) is 0 Å². The number of fused-ring (bicyclic) bond motifs is 1. The van der Waals surface area contributed by atoms with Crippen LogP contribution >= 0.6 is 11.6 Å². The van der Waals surface area contributed by atoms with Gasteiger partial charge in [-0.25, -0.2) is 0 Å². The van der Waals surface area contributed by atoms with Gasteiger partial charge in [0.05, 0.1) is 17.4 Å². The van der Waals surface area contributed by atoms with Crippen molar-refractivity contribution in [3.63, 3.8) is 0 Å². The summed E-state index contributed by atoms with van der Waals surface area (Å²) in [6.45, 7) is 1.80. The Morgan fingerprint density at radius 1 is 1.60 bits per heavy atom. The fourth-order valence-electron chi connectivity index (χ4n) is 1.36. The molecule has 0 saturated carbocycles. The minimum Gasteiger partial charge on any atom is -0.324 e. The van der Waals surface area contributed by atoms with E-state index in [4.69, 9.17) is 11.6 Å². The smallest absolute Gasteiger partial charge is 0.224 e. The van der Waals surface area contributed by atoms with Crippen molar-refractivity contribution in [3.05, 3.63) is 23.4 Å². The van der Waals surface area contributed by atoms with Crippen LogP contribution < -0.4 is 5.32 Å². The molecule has 0 fully saturated rings. The van der Waals surface area contributed by atoms with Crippen LogP contribution in [0.1, 0.15) is 13.3 Å². The maximum absolute atomic E-state index is 11.3. The quantitative estimate of drug-likeness (QED) is 0.822. The SMILES string of the molecule is CCC(=O)Nc1cc(Cl)cc2cn[nH]c12. The van der Waals surface area contributed by atoms with E-state index in [-0.39, 0.29) is 5.91 Å². The van der Waals surface area contributed by atoms with Gasteiger partial charge in [0, 0.05) is 16.8 Å². The summed E-state index contributed by atoms with van der Waals surface area (Å²) in [4.78, 5) is 11.3. The van der Waals surface area contributed by atoms with E-state index in [1.165, 1.54) is 0 Å². The second-order valence-corrected chi connectivity index (χ2v) is 3.63. The molecule has 2 rings (SSSR count). The van der Waals surface area contributed by atoms with Gasteiger partial charge in [0.2, 0.25) is 5.91 Å². The summed E-state index contributed by atoms with van der Waals surface area (Å²) in [5, 5.41) is 11.0. The molecule has 1 aromatic carbocycles. The summed E-state index contributed by atoms with van der Waals surface area (Å²) in [6, 6.07) is 3.50. The van der Waals surface area contributed by atoms with Crippen LogP contribution in [0.15, 0.2) is 18.3 Å². The van der Waals surface area contributed by atoms with Crippen LogP contribution in [0.5, 0.6) is 0 Å². The number of hydrogen-bond acceptors (Lipinski definition) is 2. The molecule has 0 bridgehead atoms. The van der Waals surface area contributed by atoms with Gasteiger partial charge in [-0.05, 0) is 12.1 Å². The number of H-pyrrole nitrogens is 1. The summed E-state index contributed by atoms with van der Waals surface area (Å²) in [5.74, 6) is -0.0480. The second kappa shape index (κ2) is 3.90. The predicted molar refractivity (Wildman–Crippen MR) is 60.0 cm³/mol. The van der Waals surface area contributed by atoms with Gasteiger partial charge in [-0.1, -0.05) is 18.5 Å². The molecule has 0 aliphatic carbocycles. The van der Waals surface area contributed by atoms with Crippen LogP contribution in [-0.2, 0) is 4.79 Å². The number of amides is 1. The van der Waals surface area contributed by atoms with Gasteiger partial charge in [-0.15, -0.1) is 0 Å². The summed E-state index contributed by atoms with van der Waals surface area (Å²) in [6.07, 6.45) is 2.10. The minimum atomic E-state index is -0.0480. The topological polar surface area (TPSA) is 57.8 Å². The summed E-state index contributed by atoms with van der Waals surface area (Å²) >= 11 is 5.91. The maximum Gasteiger partial charge on any atom is 0.224 e. The molecule has 4 nitrogen and oxygen atoms in total. The van der Waals surface area contributed by atoms with Gasteiger partial charge in [-0.3, -0.25) is 9.89 Å². The molecule has 0 spiro atoms. The molecule has 5 heteroatoms. The molecule has 0 atom stereocenters. The van der Waals surface area contributed by atoms with Crippen molar-refractivity contribution in [2.24, 2.45) is 0 Å². The zero-order chi connectivity index (χ0) is 10.8. The fourth-order valence-corrected chi connectivity index (χ4v) is 1.58. The highest BCUT2D eigenvalue weighted by Gasteiger charge is 2.07. The summed E-state index contributed by atoms with van der Waals surface area (Å²) in [5.41, 5.74) is 1.46. The van der Waals surface area contributed by atoms with E-state index in [1.54, 1.807) is 25.3 Å². The molecule has 1 amide bonds. The van der Waals surface area contributed by atoms with Gasteiger partial charge in [-0.2, -0.15) is 5.10 Å². The van der Waals surface area contributed by atoms with Crippen LogP contribution in [0, 0.1) is 0 Å². The molecule has 15 heavy (non-hydrogen) atoms. The number of nitrogens with zero attached hydrogens (tertiary/aromatic N) is 1. The van der Waals surface area contributed by atoms with Crippen molar-refractivity contribution < 1.29 is 4.79 Å². The highest BCUT2D eigenvalue weighted by Crippen LogP contribution is 2.26. The lowest BCUT2D eigenvalue weighted by Crippen LogP contribution is -2.09. The third kappa shape index (κ3) is 1.94. The van der Waals surface area contributed by atoms with E-state index in [0.717, 1.165) is 10.9 Å². The lowest BCUT2D eigenvalue weighted by atomic mass is 10.2. The Balaban J connectivity index is 2.48. The lowest BCUT2D eigenvalue weighted by Gasteiger charge is -2.05. The zero-order valence-electron chi connectivity index (χ0n) is 8.17. The van der Waals surface area contributed by atoms with Gasteiger partial charge in [0.25, 0.3) is 0 Å². The molecule has 0 radical (unpaired) electrons. The Labute approximate surface area is 91.6 Å². The van der Waals surface area contributed by atoms with Crippen LogP contribution in [0.25, 0.3) is 10.9 Å². The third-order valence-electron chi connectivity index (χ3n) is 2.11. The largest absolute Gasteiger partial charge is 0.324 e. The predicted octanol–water partition coefficient (Wildman–Crippen LogP) is 2.56. The van der Waals surface area contributed by atoms with E-state index < -0.39 is 0 Å². The Bertz CT molecular complexity index is 506. The highest BCUT2D eigenvalue weighted by atomic mass is 35.5. The first-order valence-electron chi connectivity index (χ1n) is 4.63. The number of nitrogens with one attached hydrogen (secondary N) is 2. The molecule has 2 aromatic rings. The van der Waals surface area contributed by atoms with Crippen molar-refractivity contribution in [1.82, 2.24) is 10.2 Å². The standard InChI is InChI=1S/C10H10ClN3O/c1-2-9(15)13-8-4-7(11)3-6-5-12-14-10(6)8/h3-5H,2H2,1H3,(H,12,14)(H,13,15). The average molecular weight is 224 g/mol. The number of aromatic amines is 1. The number of benzene rings is 1. The number of hydrogen-bond donors (Lipinski definition) is 2. The number of rotatable bonds is 2. The zero-order valence-corrected chi connectivity index (χ0v) is 8.93. The fraction of sp³-hybridized carbons (Fsp3) is 0.200. The first-order chi connectivity index (χ1) is 7.20.